The molecule has 2 amide bonds. The smallest absolute Gasteiger partial charge is 0.243 e. The first-order valence-electron chi connectivity index (χ1n) is 11.1. The quantitative estimate of drug-likeness (QED) is 0.327. The highest BCUT2D eigenvalue weighted by Crippen LogP contribution is 2.22. The molecule has 4 nitrogen and oxygen atoms in total. The molecule has 1 unspecified atom stereocenters. The van der Waals surface area contributed by atoms with Crippen molar-refractivity contribution < 1.29 is 9.59 Å². The van der Waals surface area contributed by atoms with Crippen molar-refractivity contribution in [2.45, 2.75) is 76.9 Å². The summed E-state index contributed by atoms with van der Waals surface area (Å²) in [6.07, 6.45) is 1.72. The molecule has 0 saturated carbocycles. The molecule has 0 spiro atoms. The van der Waals surface area contributed by atoms with Gasteiger partial charge in [-0.3, -0.25) is 9.59 Å². The van der Waals surface area contributed by atoms with E-state index in [4.69, 9.17) is 11.6 Å². The average molecular weight is 475 g/mol. The Bertz CT molecular complexity index is 893. The third-order valence-corrected chi connectivity index (χ3v) is 6.45. The molecule has 2 rings (SSSR count). The monoisotopic (exact) mass is 474 g/mol. The van der Waals surface area contributed by atoms with Crippen LogP contribution in [0.1, 0.15) is 58.1 Å². The van der Waals surface area contributed by atoms with Gasteiger partial charge in [0.25, 0.3) is 0 Å². The van der Waals surface area contributed by atoms with Crippen LogP contribution < -0.4 is 5.32 Å². The van der Waals surface area contributed by atoms with Crippen LogP contribution in [0.4, 0.5) is 0 Å². The maximum Gasteiger partial charge on any atom is 0.243 e. The summed E-state index contributed by atoms with van der Waals surface area (Å²) in [6.45, 7) is 10.3. The molecule has 32 heavy (non-hydrogen) atoms. The first kappa shape index (κ1) is 26.3. The number of hydrogen-bond acceptors (Lipinski definition) is 3. The van der Waals surface area contributed by atoms with Gasteiger partial charge in [-0.1, -0.05) is 42.8 Å². The summed E-state index contributed by atoms with van der Waals surface area (Å²) >= 11 is 7.65. The highest BCUT2D eigenvalue weighted by Gasteiger charge is 2.30. The minimum absolute atomic E-state index is 0.0147. The normalized spacial score (nSPS) is 12.3. The lowest BCUT2D eigenvalue weighted by atomic mass is 10.0. The summed E-state index contributed by atoms with van der Waals surface area (Å²) in [6, 6.07) is 15.3. The van der Waals surface area contributed by atoms with Gasteiger partial charge in [-0.2, -0.15) is 0 Å². The van der Waals surface area contributed by atoms with Gasteiger partial charge in [0.05, 0.1) is 0 Å². The van der Waals surface area contributed by atoms with E-state index < -0.39 is 6.04 Å². The van der Waals surface area contributed by atoms with Crippen LogP contribution in [0.5, 0.6) is 0 Å². The number of amides is 2. The van der Waals surface area contributed by atoms with Crippen LogP contribution in [0.15, 0.2) is 53.4 Å². The van der Waals surface area contributed by atoms with Gasteiger partial charge < -0.3 is 10.2 Å². The number of halogens is 1. The van der Waals surface area contributed by atoms with Gasteiger partial charge in [0, 0.05) is 28.4 Å². The molecule has 174 valence electrons. The van der Waals surface area contributed by atoms with Crippen molar-refractivity contribution in [3.63, 3.8) is 0 Å². The molecule has 1 atom stereocenters. The lowest BCUT2D eigenvalue weighted by Crippen LogP contribution is -2.53. The van der Waals surface area contributed by atoms with Crippen LogP contribution in [0.2, 0.25) is 5.02 Å². The van der Waals surface area contributed by atoms with Crippen molar-refractivity contribution in [1.82, 2.24) is 10.2 Å². The zero-order valence-corrected chi connectivity index (χ0v) is 21.4. The molecule has 0 saturated heterocycles. The van der Waals surface area contributed by atoms with Crippen LogP contribution in [0.3, 0.4) is 0 Å². The topological polar surface area (TPSA) is 49.4 Å². The molecule has 1 N–H and O–H groups in total. The van der Waals surface area contributed by atoms with Gasteiger partial charge in [-0.15, -0.1) is 11.8 Å². The minimum Gasteiger partial charge on any atom is -0.350 e. The maximum absolute atomic E-state index is 13.3. The summed E-state index contributed by atoms with van der Waals surface area (Å²) in [5.41, 5.74) is 1.84. The lowest BCUT2D eigenvalue weighted by Gasteiger charge is -2.33. The zero-order chi connectivity index (χ0) is 23.7. The second-order valence-electron chi connectivity index (χ2n) is 9.02. The third-order valence-electron chi connectivity index (χ3n) is 5.10. The van der Waals surface area contributed by atoms with Crippen molar-refractivity contribution in [2.24, 2.45) is 0 Å². The number of benzene rings is 2. The number of nitrogens with zero attached hydrogens (tertiary/aromatic N) is 1. The number of carbonyl (C=O) groups excluding carboxylic acids is 2. The van der Waals surface area contributed by atoms with E-state index in [1.54, 1.807) is 16.7 Å². The summed E-state index contributed by atoms with van der Waals surface area (Å²) in [7, 11) is 0. The SMILES string of the molecule is CCC(C(=O)NC(C)(C)C)N(Cc1ccccc1C)C(=O)CCCSc1ccc(Cl)cc1. The van der Waals surface area contributed by atoms with Gasteiger partial charge in [0.1, 0.15) is 6.04 Å². The van der Waals surface area contributed by atoms with Crippen LogP contribution in [-0.2, 0) is 16.1 Å². The Labute approximate surface area is 202 Å². The molecule has 6 heteroatoms. The molecule has 0 aliphatic carbocycles. The van der Waals surface area contributed by atoms with E-state index in [1.165, 1.54) is 0 Å². The predicted molar refractivity (Wildman–Crippen MR) is 135 cm³/mol. The van der Waals surface area contributed by atoms with E-state index in [9.17, 15) is 9.59 Å². The maximum atomic E-state index is 13.3. The second-order valence-corrected chi connectivity index (χ2v) is 10.6. The van der Waals surface area contributed by atoms with Crippen LogP contribution in [0, 0.1) is 6.92 Å². The first-order valence-corrected chi connectivity index (χ1v) is 12.5. The fourth-order valence-electron chi connectivity index (χ4n) is 3.43. The Hall–Kier alpha value is -1.98. The van der Waals surface area contributed by atoms with E-state index in [1.807, 2.05) is 83.1 Å². The molecule has 0 bridgehead atoms. The Morgan fingerprint density at radius 2 is 1.75 bits per heavy atom. The average Bonchev–Trinajstić information content (AvgIpc) is 2.72. The summed E-state index contributed by atoms with van der Waals surface area (Å²) in [4.78, 5) is 29.2. The van der Waals surface area contributed by atoms with Gasteiger partial charge in [0.2, 0.25) is 11.8 Å². The van der Waals surface area contributed by atoms with Crippen LogP contribution in [-0.4, -0.2) is 34.0 Å². The summed E-state index contributed by atoms with van der Waals surface area (Å²) in [5.74, 6) is 0.745. The molecule has 0 radical (unpaired) electrons. The molecule has 0 aliphatic rings. The predicted octanol–water partition coefficient (Wildman–Crippen LogP) is 6.24. The van der Waals surface area contributed by atoms with Gasteiger partial charge in [-0.25, -0.2) is 0 Å². The first-order chi connectivity index (χ1) is 15.1. The molecular formula is C26H35ClN2O2S. The standard InChI is InChI=1S/C26H35ClN2O2S/c1-6-23(25(31)28-26(3,4)5)29(18-20-11-8-7-10-19(20)2)24(30)12-9-17-32-22-15-13-21(27)14-16-22/h7-8,10-11,13-16,23H,6,9,12,17-18H2,1-5H3,(H,28,31). The van der Waals surface area contributed by atoms with E-state index in [0.29, 0.717) is 19.4 Å². The second kappa shape index (κ2) is 12.3. The van der Waals surface area contributed by atoms with Crippen molar-refractivity contribution in [1.29, 1.82) is 0 Å². The number of nitrogens with one attached hydrogen (secondary N) is 1. The lowest BCUT2D eigenvalue weighted by molar-refractivity contribution is -0.142. The third kappa shape index (κ3) is 8.51. The largest absolute Gasteiger partial charge is 0.350 e. The van der Waals surface area contributed by atoms with Crippen molar-refractivity contribution in [2.75, 3.05) is 5.75 Å². The van der Waals surface area contributed by atoms with Gasteiger partial charge >= 0.3 is 0 Å². The van der Waals surface area contributed by atoms with Crippen molar-refractivity contribution in [3.8, 4) is 0 Å². The molecule has 0 heterocycles. The number of rotatable bonds is 10. The fraction of sp³-hybridized carbons (Fsp3) is 0.462. The highest BCUT2D eigenvalue weighted by molar-refractivity contribution is 7.99. The highest BCUT2D eigenvalue weighted by atomic mass is 35.5. The molecule has 2 aromatic rings. The summed E-state index contributed by atoms with van der Waals surface area (Å²) < 4.78 is 0. The molecule has 0 aromatic heterocycles. The van der Waals surface area contributed by atoms with E-state index in [2.05, 4.69) is 5.32 Å². The molecule has 2 aromatic carbocycles. The van der Waals surface area contributed by atoms with Crippen molar-refractivity contribution in [3.05, 3.63) is 64.7 Å². The Kier molecular flexibility index (Phi) is 10.1. The summed E-state index contributed by atoms with van der Waals surface area (Å²) in [5, 5.41) is 3.77. The van der Waals surface area contributed by atoms with Crippen LogP contribution >= 0.6 is 23.4 Å². The van der Waals surface area contributed by atoms with E-state index in [-0.39, 0.29) is 17.4 Å². The fourth-order valence-corrected chi connectivity index (χ4v) is 4.41. The van der Waals surface area contributed by atoms with Gasteiger partial charge in [0.15, 0.2) is 0 Å². The number of hydrogen-bond donors (Lipinski definition) is 1. The number of aryl methyl sites for hydroxylation is 1. The van der Waals surface area contributed by atoms with Crippen LogP contribution in [0.25, 0.3) is 0 Å². The number of thioether (sulfide) groups is 1. The number of carbonyl (C=O) groups is 2. The zero-order valence-electron chi connectivity index (χ0n) is 19.8. The van der Waals surface area contributed by atoms with Gasteiger partial charge in [-0.05, 0) is 81.7 Å². The Morgan fingerprint density at radius 1 is 1.09 bits per heavy atom. The minimum atomic E-state index is -0.495. The van der Waals surface area contributed by atoms with Crippen molar-refractivity contribution >= 4 is 35.2 Å². The Balaban J connectivity index is 2.09. The molecule has 0 fully saturated rings. The van der Waals surface area contributed by atoms with E-state index in [0.717, 1.165) is 33.2 Å². The Morgan fingerprint density at radius 3 is 2.34 bits per heavy atom. The molecule has 0 aliphatic heterocycles. The van der Waals surface area contributed by atoms with E-state index >= 15 is 0 Å². The molecular weight excluding hydrogens is 440 g/mol.